The molecule has 0 aliphatic carbocycles. The first-order valence-electron chi connectivity index (χ1n) is 7.31. The van der Waals surface area contributed by atoms with Crippen molar-refractivity contribution in [3.05, 3.63) is 59.1 Å². The third-order valence-electron chi connectivity index (χ3n) is 3.19. The molecule has 2 rings (SSSR count). The number of ether oxygens (including phenoxy) is 1. The maximum atomic E-state index is 12.2. The van der Waals surface area contributed by atoms with Crippen molar-refractivity contribution in [1.82, 2.24) is 4.90 Å². The van der Waals surface area contributed by atoms with Crippen molar-refractivity contribution >= 4 is 29.1 Å². The summed E-state index contributed by atoms with van der Waals surface area (Å²) in [4.78, 5) is 25.4. The molecule has 0 aromatic heterocycles. The Labute approximate surface area is 152 Å². The normalized spacial score (nSPS) is 11.0. The molecule has 1 N–H and O–H groups in total. The van der Waals surface area contributed by atoms with Gasteiger partial charge in [-0.15, -0.1) is 13.2 Å². The summed E-state index contributed by atoms with van der Waals surface area (Å²) >= 11 is 5.75. The monoisotopic (exact) mass is 386 g/mol. The highest BCUT2D eigenvalue weighted by Gasteiger charge is 2.31. The molecular formula is C17H14ClF3N2O3. The van der Waals surface area contributed by atoms with E-state index in [4.69, 9.17) is 11.6 Å². The van der Waals surface area contributed by atoms with Crippen LogP contribution in [0.2, 0.25) is 5.02 Å². The van der Waals surface area contributed by atoms with Crippen molar-refractivity contribution in [3.8, 4) is 5.75 Å². The van der Waals surface area contributed by atoms with Crippen LogP contribution in [0.15, 0.2) is 48.5 Å². The zero-order valence-corrected chi connectivity index (χ0v) is 14.3. The molecule has 2 aromatic rings. The number of nitrogens with one attached hydrogen (secondary N) is 1. The van der Waals surface area contributed by atoms with Crippen molar-refractivity contribution in [2.75, 3.05) is 18.9 Å². The van der Waals surface area contributed by atoms with Crippen molar-refractivity contribution in [3.63, 3.8) is 0 Å². The maximum absolute atomic E-state index is 12.2. The van der Waals surface area contributed by atoms with Gasteiger partial charge >= 0.3 is 6.36 Å². The molecule has 2 amide bonds. The summed E-state index contributed by atoms with van der Waals surface area (Å²) < 4.78 is 40.1. The third kappa shape index (κ3) is 5.96. The van der Waals surface area contributed by atoms with Crippen LogP contribution in [0.3, 0.4) is 0 Å². The van der Waals surface area contributed by atoms with E-state index in [-0.39, 0.29) is 12.1 Å². The Bertz CT molecular complexity index is 777. The number of nitrogens with zero attached hydrogens (tertiary/aromatic N) is 1. The van der Waals surface area contributed by atoms with Gasteiger partial charge in [-0.1, -0.05) is 11.6 Å². The van der Waals surface area contributed by atoms with E-state index in [1.54, 1.807) is 24.3 Å². The lowest BCUT2D eigenvalue weighted by molar-refractivity contribution is -0.274. The molecule has 0 unspecified atom stereocenters. The number of halogens is 4. The highest BCUT2D eigenvalue weighted by molar-refractivity contribution is 6.30. The Morgan fingerprint density at radius 2 is 1.65 bits per heavy atom. The fourth-order valence-corrected chi connectivity index (χ4v) is 2.17. The molecule has 0 aliphatic heterocycles. The van der Waals surface area contributed by atoms with E-state index in [9.17, 15) is 22.8 Å². The van der Waals surface area contributed by atoms with Gasteiger partial charge in [-0.2, -0.15) is 0 Å². The Hall–Kier alpha value is -2.74. The molecular weight excluding hydrogens is 373 g/mol. The van der Waals surface area contributed by atoms with E-state index in [1.807, 2.05) is 0 Å². The van der Waals surface area contributed by atoms with Crippen LogP contribution < -0.4 is 10.1 Å². The fourth-order valence-electron chi connectivity index (χ4n) is 2.04. The van der Waals surface area contributed by atoms with Gasteiger partial charge in [0.2, 0.25) is 5.91 Å². The molecule has 0 spiro atoms. The van der Waals surface area contributed by atoms with Crippen molar-refractivity contribution in [2.45, 2.75) is 6.36 Å². The number of likely N-dealkylation sites (N-methyl/N-ethyl adjacent to an activating group) is 1. The molecule has 2 aromatic carbocycles. The second-order valence-corrected chi connectivity index (χ2v) is 5.72. The van der Waals surface area contributed by atoms with Crippen LogP contribution in [-0.2, 0) is 4.79 Å². The molecule has 0 bridgehead atoms. The number of carbonyl (C=O) groups excluding carboxylic acids is 2. The minimum atomic E-state index is -4.80. The third-order valence-corrected chi connectivity index (χ3v) is 3.44. The average Bonchev–Trinajstić information content (AvgIpc) is 2.55. The van der Waals surface area contributed by atoms with E-state index in [2.05, 4.69) is 10.1 Å². The summed E-state index contributed by atoms with van der Waals surface area (Å²) in [5, 5.41) is 3.13. The predicted molar refractivity (Wildman–Crippen MR) is 90.2 cm³/mol. The number of anilines is 1. The molecule has 26 heavy (non-hydrogen) atoms. The zero-order valence-electron chi connectivity index (χ0n) is 13.5. The molecule has 5 nitrogen and oxygen atoms in total. The predicted octanol–water partition coefficient (Wildman–Crippen LogP) is 3.95. The van der Waals surface area contributed by atoms with Crippen LogP contribution in [0.4, 0.5) is 18.9 Å². The van der Waals surface area contributed by atoms with E-state index in [1.165, 1.54) is 19.2 Å². The van der Waals surface area contributed by atoms with E-state index in [0.717, 1.165) is 17.0 Å². The Kier molecular flexibility index (Phi) is 6.10. The molecule has 0 saturated heterocycles. The van der Waals surface area contributed by atoms with Gasteiger partial charge in [-0.05, 0) is 48.5 Å². The lowest BCUT2D eigenvalue weighted by atomic mass is 10.2. The average molecular weight is 387 g/mol. The second kappa shape index (κ2) is 8.09. The topological polar surface area (TPSA) is 58.6 Å². The van der Waals surface area contributed by atoms with Crippen LogP contribution >= 0.6 is 11.6 Å². The first-order valence-corrected chi connectivity index (χ1v) is 7.68. The van der Waals surface area contributed by atoms with Gasteiger partial charge < -0.3 is 15.0 Å². The number of hydrogen-bond acceptors (Lipinski definition) is 3. The molecule has 0 atom stereocenters. The SMILES string of the molecule is CN(CC(=O)Nc1ccc(Cl)cc1)C(=O)c1ccc(OC(F)(F)F)cc1. The highest BCUT2D eigenvalue weighted by atomic mass is 35.5. The fraction of sp³-hybridized carbons (Fsp3) is 0.176. The van der Waals surface area contributed by atoms with Gasteiger partial charge in [-0.3, -0.25) is 9.59 Å². The first-order chi connectivity index (χ1) is 12.1. The van der Waals surface area contributed by atoms with Crippen LogP contribution in [0.5, 0.6) is 5.75 Å². The molecule has 0 aliphatic rings. The molecule has 0 radical (unpaired) electrons. The summed E-state index contributed by atoms with van der Waals surface area (Å²) in [6.45, 7) is -0.234. The number of hydrogen-bond donors (Lipinski definition) is 1. The lowest BCUT2D eigenvalue weighted by Gasteiger charge is -2.17. The standard InChI is InChI=1S/C17H14ClF3N2O3/c1-23(10-15(24)22-13-6-4-12(18)5-7-13)16(25)11-2-8-14(9-3-11)26-17(19,20)21/h2-9H,10H2,1H3,(H,22,24). The smallest absolute Gasteiger partial charge is 0.406 e. The van der Waals surface area contributed by atoms with Gasteiger partial charge in [0, 0.05) is 23.3 Å². The van der Waals surface area contributed by atoms with E-state index < -0.39 is 23.9 Å². The van der Waals surface area contributed by atoms with Gasteiger partial charge in [0.25, 0.3) is 5.91 Å². The summed E-state index contributed by atoms with van der Waals surface area (Å²) in [6.07, 6.45) is -4.80. The summed E-state index contributed by atoms with van der Waals surface area (Å²) in [5.41, 5.74) is 0.648. The van der Waals surface area contributed by atoms with Crippen molar-refractivity contribution < 1.29 is 27.5 Å². The summed E-state index contributed by atoms with van der Waals surface area (Å²) in [5.74, 6) is -1.38. The van der Waals surface area contributed by atoms with Crippen LogP contribution in [-0.4, -0.2) is 36.7 Å². The maximum Gasteiger partial charge on any atom is 0.573 e. The van der Waals surface area contributed by atoms with Gasteiger partial charge in [0.05, 0.1) is 6.54 Å². The highest BCUT2D eigenvalue weighted by Crippen LogP contribution is 2.23. The van der Waals surface area contributed by atoms with Gasteiger partial charge in [0.15, 0.2) is 0 Å². The molecule has 138 valence electrons. The molecule has 0 saturated carbocycles. The number of carbonyl (C=O) groups is 2. The van der Waals surface area contributed by atoms with Crippen LogP contribution in [0, 0.1) is 0 Å². The van der Waals surface area contributed by atoms with Crippen LogP contribution in [0.25, 0.3) is 0 Å². The molecule has 9 heteroatoms. The number of amides is 2. The summed E-state index contributed by atoms with van der Waals surface area (Å²) in [6, 6.07) is 10.9. The molecule has 0 fully saturated rings. The largest absolute Gasteiger partial charge is 0.573 e. The van der Waals surface area contributed by atoms with Crippen molar-refractivity contribution in [1.29, 1.82) is 0 Å². The zero-order chi connectivity index (χ0) is 19.3. The van der Waals surface area contributed by atoms with Gasteiger partial charge in [0.1, 0.15) is 5.75 Å². The minimum absolute atomic E-state index is 0.126. The summed E-state index contributed by atoms with van der Waals surface area (Å²) in [7, 11) is 1.41. The number of rotatable bonds is 5. The second-order valence-electron chi connectivity index (χ2n) is 5.29. The Morgan fingerprint density at radius 3 is 2.19 bits per heavy atom. The van der Waals surface area contributed by atoms with Crippen molar-refractivity contribution in [2.24, 2.45) is 0 Å². The molecule has 0 heterocycles. The number of alkyl halides is 3. The van der Waals surface area contributed by atoms with E-state index >= 15 is 0 Å². The lowest BCUT2D eigenvalue weighted by Crippen LogP contribution is -2.34. The Morgan fingerprint density at radius 1 is 1.08 bits per heavy atom. The van der Waals surface area contributed by atoms with Crippen LogP contribution in [0.1, 0.15) is 10.4 Å². The first kappa shape index (κ1) is 19.6. The van der Waals surface area contributed by atoms with Gasteiger partial charge in [-0.25, -0.2) is 0 Å². The number of benzene rings is 2. The minimum Gasteiger partial charge on any atom is -0.406 e. The quantitative estimate of drug-likeness (QED) is 0.846. The Balaban J connectivity index is 1.93. The van der Waals surface area contributed by atoms with E-state index in [0.29, 0.717) is 10.7 Å².